The van der Waals surface area contributed by atoms with Gasteiger partial charge in [0.1, 0.15) is 12.4 Å². The van der Waals surface area contributed by atoms with Gasteiger partial charge in [-0.25, -0.2) is 0 Å². The minimum atomic E-state index is -0.233. The third kappa shape index (κ3) is 5.03. The van der Waals surface area contributed by atoms with Gasteiger partial charge in [-0.2, -0.15) is 0 Å². The largest absolute Gasteiger partial charge is 0.489 e. The molecule has 0 fully saturated rings. The Hall–Kier alpha value is -3.93. The van der Waals surface area contributed by atoms with E-state index in [0.29, 0.717) is 30.0 Å². The maximum Gasteiger partial charge on any atom is 0.251 e. The summed E-state index contributed by atoms with van der Waals surface area (Å²) in [6, 6.07) is 22.2. The molecule has 0 aliphatic carbocycles. The summed E-state index contributed by atoms with van der Waals surface area (Å²) in [6.45, 7) is 1.36. The van der Waals surface area contributed by atoms with Crippen molar-refractivity contribution in [3.63, 3.8) is 0 Å². The topological polar surface area (TPSA) is 75.7 Å². The van der Waals surface area contributed by atoms with Crippen LogP contribution in [-0.4, -0.2) is 31.2 Å². The quantitative estimate of drug-likeness (QED) is 0.416. The number of carbonyl (C=O) groups is 3. The highest BCUT2D eigenvalue weighted by atomic mass is 16.5. The Morgan fingerprint density at radius 2 is 1.72 bits per heavy atom. The van der Waals surface area contributed by atoms with Gasteiger partial charge in [-0.15, -0.1) is 0 Å². The van der Waals surface area contributed by atoms with Gasteiger partial charge in [-0.1, -0.05) is 30.3 Å². The molecule has 1 aliphatic heterocycles. The van der Waals surface area contributed by atoms with E-state index in [1.165, 1.54) is 0 Å². The molecule has 0 aromatic heterocycles. The van der Waals surface area contributed by atoms with Gasteiger partial charge < -0.3 is 15.0 Å². The summed E-state index contributed by atoms with van der Waals surface area (Å²) < 4.78 is 5.74. The van der Waals surface area contributed by atoms with Crippen LogP contribution < -0.4 is 15.0 Å². The molecule has 0 radical (unpaired) electrons. The van der Waals surface area contributed by atoms with Crippen LogP contribution in [0.1, 0.15) is 38.3 Å². The molecule has 3 aromatic rings. The third-order valence-corrected chi connectivity index (χ3v) is 5.46. The predicted molar refractivity (Wildman–Crippen MR) is 122 cm³/mol. The summed E-state index contributed by atoms with van der Waals surface area (Å²) in [4.78, 5) is 37.5. The second-order valence-corrected chi connectivity index (χ2v) is 7.62. The highest BCUT2D eigenvalue weighted by Crippen LogP contribution is 2.28. The number of ether oxygens (including phenoxy) is 1. The number of hydrogen-bond donors (Lipinski definition) is 1. The zero-order valence-electron chi connectivity index (χ0n) is 17.6. The van der Waals surface area contributed by atoms with Gasteiger partial charge in [-0.05, 0) is 60.0 Å². The summed E-state index contributed by atoms with van der Waals surface area (Å²) in [6.07, 6.45) is 1.77. The molecule has 2 amide bonds. The van der Waals surface area contributed by atoms with Crippen molar-refractivity contribution in [2.75, 3.05) is 18.0 Å². The Bertz CT molecular complexity index is 1110. The van der Waals surface area contributed by atoms with E-state index < -0.39 is 0 Å². The molecule has 0 saturated carbocycles. The van der Waals surface area contributed by atoms with Crippen molar-refractivity contribution in [1.82, 2.24) is 5.32 Å². The smallest absolute Gasteiger partial charge is 0.251 e. The first-order valence-electron chi connectivity index (χ1n) is 10.6. The fourth-order valence-corrected chi connectivity index (χ4v) is 3.69. The number of fused-ring (bicyclic) bond motifs is 1. The molecule has 3 aromatic carbocycles. The summed E-state index contributed by atoms with van der Waals surface area (Å²) >= 11 is 0. The Morgan fingerprint density at radius 1 is 0.969 bits per heavy atom. The van der Waals surface area contributed by atoms with Crippen molar-refractivity contribution >= 4 is 23.8 Å². The molecule has 0 unspecified atom stereocenters. The third-order valence-electron chi connectivity index (χ3n) is 5.46. The van der Waals surface area contributed by atoms with Gasteiger partial charge in [-0.3, -0.25) is 14.4 Å². The number of nitrogens with one attached hydrogen (secondary N) is 1. The van der Waals surface area contributed by atoms with Crippen LogP contribution in [0.25, 0.3) is 0 Å². The van der Waals surface area contributed by atoms with Crippen molar-refractivity contribution in [3.8, 4) is 5.75 Å². The van der Waals surface area contributed by atoms with Crippen LogP contribution >= 0.6 is 0 Å². The fourth-order valence-electron chi connectivity index (χ4n) is 3.69. The van der Waals surface area contributed by atoms with Crippen molar-refractivity contribution in [2.45, 2.75) is 19.4 Å². The van der Waals surface area contributed by atoms with E-state index in [1.54, 1.807) is 35.2 Å². The molecule has 4 rings (SSSR count). The monoisotopic (exact) mass is 428 g/mol. The molecular weight excluding hydrogens is 404 g/mol. The molecule has 0 bridgehead atoms. The Kier molecular flexibility index (Phi) is 6.60. The molecule has 32 heavy (non-hydrogen) atoms. The number of rotatable bonds is 9. The number of nitrogens with zero attached hydrogens (tertiary/aromatic N) is 1. The van der Waals surface area contributed by atoms with Gasteiger partial charge in [0.15, 0.2) is 5.78 Å². The molecule has 0 saturated heterocycles. The molecule has 6 heteroatoms. The normalized spacial score (nSPS) is 12.2. The number of amides is 2. The second-order valence-electron chi connectivity index (χ2n) is 7.62. The number of anilines is 1. The Balaban J connectivity index is 1.25. The first-order valence-corrected chi connectivity index (χ1v) is 10.6. The van der Waals surface area contributed by atoms with Crippen molar-refractivity contribution < 1.29 is 19.1 Å². The maximum atomic E-state index is 12.5. The lowest BCUT2D eigenvalue weighted by Crippen LogP contribution is -2.26. The molecule has 0 spiro atoms. The van der Waals surface area contributed by atoms with E-state index in [0.717, 1.165) is 29.6 Å². The van der Waals surface area contributed by atoms with Crippen LogP contribution in [0.5, 0.6) is 5.75 Å². The molecule has 6 nitrogen and oxygen atoms in total. The van der Waals surface area contributed by atoms with E-state index in [1.807, 2.05) is 42.5 Å². The molecule has 162 valence electrons. The highest BCUT2D eigenvalue weighted by molar-refractivity contribution is 5.98. The second kappa shape index (κ2) is 9.92. The van der Waals surface area contributed by atoms with Crippen LogP contribution in [0.3, 0.4) is 0 Å². The van der Waals surface area contributed by atoms with E-state index in [4.69, 9.17) is 4.74 Å². The van der Waals surface area contributed by atoms with Crippen LogP contribution in [0.15, 0.2) is 72.8 Å². The van der Waals surface area contributed by atoms with Crippen LogP contribution in [0.2, 0.25) is 0 Å². The van der Waals surface area contributed by atoms with E-state index in [-0.39, 0.29) is 24.7 Å². The Morgan fingerprint density at radius 3 is 2.47 bits per heavy atom. The molecule has 0 atom stereocenters. The molecule has 1 N–H and O–H groups in total. The number of carbonyl (C=O) groups excluding carboxylic acids is 3. The molecule has 1 aliphatic rings. The first-order chi connectivity index (χ1) is 15.6. The summed E-state index contributed by atoms with van der Waals surface area (Å²) in [7, 11) is 0. The summed E-state index contributed by atoms with van der Waals surface area (Å²) in [5.41, 5.74) is 4.05. The van der Waals surface area contributed by atoms with Gasteiger partial charge in [0, 0.05) is 36.3 Å². The predicted octanol–water partition coefficient (Wildman–Crippen LogP) is 3.79. The maximum absolute atomic E-state index is 12.5. The summed E-state index contributed by atoms with van der Waals surface area (Å²) in [5.74, 6) is 0.413. The average molecular weight is 428 g/mol. The molecule has 1 heterocycles. The van der Waals surface area contributed by atoms with Crippen LogP contribution in [0.4, 0.5) is 5.69 Å². The number of hydrogen-bond acceptors (Lipinski definition) is 4. The van der Waals surface area contributed by atoms with Gasteiger partial charge in [0.2, 0.25) is 6.41 Å². The minimum absolute atomic E-state index is 0.0395. The highest BCUT2D eigenvalue weighted by Gasteiger charge is 2.20. The number of ketones is 1. The molecular formula is C26H24N2O4. The van der Waals surface area contributed by atoms with Crippen LogP contribution in [-0.2, 0) is 17.8 Å². The SMILES string of the molecule is O=CN1CCc2cc(C(=O)CCNC(=O)c3ccc(OCc4ccccc4)cc3)ccc21. The standard InChI is InChI=1S/C26H24N2O4/c29-18-28-15-13-21-16-22(8-11-24(21)28)25(30)12-14-27-26(31)20-6-9-23(10-7-20)32-17-19-4-2-1-3-5-19/h1-11,16,18H,12-15,17H2,(H,27,31). The van der Waals surface area contributed by atoms with Gasteiger partial charge in [0.05, 0.1) is 0 Å². The lowest BCUT2D eigenvalue weighted by molar-refractivity contribution is -0.107. The van der Waals surface area contributed by atoms with E-state index >= 15 is 0 Å². The number of Topliss-reactive ketones (excluding diaryl/α,β-unsaturated/α-hetero) is 1. The Labute approximate surface area is 186 Å². The van der Waals surface area contributed by atoms with Crippen LogP contribution in [0, 0.1) is 0 Å². The average Bonchev–Trinajstić information content (AvgIpc) is 3.26. The lowest BCUT2D eigenvalue weighted by atomic mass is 10.0. The van der Waals surface area contributed by atoms with Crippen molar-refractivity contribution in [3.05, 3.63) is 95.1 Å². The van der Waals surface area contributed by atoms with E-state index in [9.17, 15) is 14.4 Å². The lowest BCUT2D eigenvalue weighted by Gasteiger charge is -2.10. The zero-order valence-corrected chi connectivity index (χ0v) is 17.6. The van der Waals surface area contributed by atoms with Gasteiger partial charge in [0.25, 0.3) is 5.91 Å². The fraction of sp³-hybridized carbons (Fsp3) is 0.192. The van der Waals surface area contributed by atoms with Gasteiger partial charge >= 0.3 is 0 Å². The van der Waals surface area contributed by atoms with E-state index in [2.05, 4.69) is 5.32 Å². The zero-order chi connectivity index (χ0) is 22.3. The minimum Gasteiger partial charge on any atom is -0.489 e. The van der Waals surface area contributed by atoms with Crippen molar-refractivity contribution in [1.29, 1.82) is 0 Å². The number of benzene rings is 3. The summed E-state index contributed by atoms with van der Waals surface area (Å²) in [5, 5.41) is 2.79. The first kappa shape index (κ1) is 21.3. The van der Waals surface area contributed by atoms with Crippen molar-refractivity contribution in [2.24, 2.45) is 0 Å².